The summed E-state index contributed by atoms with van der Waals surface area (Å²) in [5, 5.41) is 8.67. The van der Waals surface area contributed by atoms with E-state index in [1.165, 1.54) is 8.66 Å². The van der Waals surface area contributed by atoms with Gasteiger partial charge in [0.15, 0.2) is 0 Å². The van der Waals surface area contributed by atoms with E-state index < -0.39 is 0 Å². The summed E-state index contributed by atoms with van der Waals surface area (Å²) in [4.78, 5) is 3.66. The molecule has 1 N–H and O–H groups in total. The fourth-order valence-corrected chi connectivity index (χ4v) is 2.71. The molecule has 2 nitrogen and oxygen atoms in total. The van der Waals surface area contributed by atoms with E-state index in [1.54, 1.807) is 11.3 Å². The third kappa shape index (κ3) is 4.55. The van der Waals surface area contributed by atoms with Gasteiger partial charge >= 0.3 is 0 Å². The fraction of sp³-hybridized carbons (Fsp3) is 0.600. The van der Waals surface area contributed by atoms with Crippen LogP contribution in [0.1, 0.15) is 11.3 Å². The van der Waals surface area contributed by atoms with E-state index >= 15 is 0 Å². The number of likely N-dealkylation sites (N-methyl/N-ethyl adjacent to an activating group) is 1. The molecule has 0 amide bonds. The number of nitrogens with zero attached hydrogens (tertiary/aromatic N) is 1. The summed E-state index contributed by atoms with van der Waals surface area (Å²) < 4.78 is 1.20. The molecule has 0 radical (unpaired) electrons. The second-order valence-electron chi connectivity index (χ2n) is 3.34. The Kier molecular flexibility index (Phi) is 5.70. The van der Waals surface area contributed by atoms with Gasteiger partial charge in [0, 0.05) is 24.6 Å². The summed E-state index contributed by atoms with van der Waals surface area (Å²) in [6, 6.07) is 4.25. The van der Waals surface area contributed by atoms with Crippen molar-refractivity contribution < 1.29 is 5.11 Å². The summed E-state index contributed by atoms with van der Waals surface area (Å²) in [6.07, 6.45) is 1.96. The first kappa shape index (κ1) is 12.2. The molecule has 14 heavy (non-hydrogen) atoms. The van der Waals surface area contributed by atoms with E-state index in [0.29, 0.717) is 0 Å². The molecule has 0 aliphatic heterocycles. The van der Waals surface area contributed by atoms with Crippen LogP contribution in [0.25, 0.3) is 0 Å². The van der Waals surface area contributed by atoms with Crippen molar-refractivity contribution in [2.24, 2.45) is 0 Å². The van der Waals surface area contributed by atoms with E-state index in [1.807, 2.05) is 0 Å². The van der Waals surface area contributed by atoms with E-state index in [0.717, 1.165) is 25.9 Å². The lowest BCUT2D eigenvalue weighted by Gasteiger charge is -2.14. The summed E-state index contributed by atoms with van der Waals surface area (Å²) in [5.41, 5.74) is 0. The highest BCUT2D eigenvalue weighted by Gasteiger charge is 2.01. The van der Waals surface area contributed by atoms with Crippen molar-refractivity contribution in [3.8, 4) is 0 Å². The van der Waals surface area contributed by atoms with Crippen molar-refractivity contribution in [3.05, 3.63) is 20.8 Å². The lowest BCUT2D eigenvalue weighted by atomic mass is 10.3. The van der Waals surface area contributed by atoms with Gasteiger partial charge in [-0.05, 0) is 48.0 Å². The highest BCUT2D eigenvalue weighted by molar-refractivity contribution is 9.11. The zero-order valence-electron chi connectivity index (χ0n) is 8.37. The zero-order valence-corrected chi connectivity index (χ0v) is 10.8. The number of halogens is 1. The molecule has 1 aromatic rings. The Hall–Kier alpha value is 0.1000. The van der Waals surface area contributed by atoms with Gasteiger partial charge in [-0.1, -0.05) is 0 Å². The Labute approximate surface area is 97.7 Å². The molecule has 1 heterocycles. The molecule has 80 valence electrons. The topological polar surface area (TPSA) is 23.5 Å². The highest BCUT2D eigenvalue weighted by atomic mass is 79.9. The molecular formula is C10H16BrNOS. The second-order valence-corrected chi connectivity index (χ2v) is 5.88. The molecule has 0 aromatic carbocycles. The van der Waals surface area contributed by atoms with Crippen molar-refractivity contribution in [1.82, 2.24) is 4.90 Å². The van der Waals surface area contributed by atoms with Crippen LogP contribution >= 0.6 is 27.3 Å². The number of thiophene rings is 1. The molecule has 0 spiro atoms. The number of hydrogen-bond donors (Lipinski definition) is 1. The van der Waals surface area contributed by atoms with Gasteiger partial charge in [-0.2, -0.15) is 0 Å². The molecule has 0 saturated heterocycles. The lowest BCUT2D eigenvalue weighted by Crippen LogP contribution is -2.22. The van der Waals surface area contributed by atoms with Crippen LogP contribution in [0.3, 0.4) is 0 Å². The predicted molar refractivity (Wildman–Crippen MR) is 64.9 cm³/mol. The summed E-state index contributed by atoms with van der Waals surface area (Å²) in [7, 11) is 2.10. The molecular weight excluding hydrogens is 262 g/mol. The first-order valence-corrected chi connectivity index (χ1v) is 6.37. The average molecular weight is 278 g/mol. The monoisotopic (exact) mass is 277 g/mol. The molecule has 4 heteroatoms. The number of aliphatic hydroxyl groups excluding tert-OH is 1. The van der Waals surface area contributed by atoms with Gasteiger partial charge < -0.3 is 10.0 Å². The Bertz CT molecular complexity index is 264. The quantitative estimate of drug-likeness (QED) is 0.863. The standard InChI is InChI=1S/C10H16BrNOS/c1-12(6-2-8-13)7-5-9-3-4-10(11)14-9/h3-4,13H,2,5-8H2,1H3. The van der Waals surface area contributed by atoms with Crippen LogP contribution < -0.4 is 0 Å². The smallest absolute Gasteiger partial charge is 0.0701 e. The molecule has 0 saturated carbocycles. The van der Waals surface area contributed by atoms with Gasteiger partial charge in [-0.3, -0.25) is 0 Å². The first-order valence-electron chi connectivity index (χ1n) is 4.76. The maximum absolute atomic E-state index is 8.67. The average Bonchev–Trinajstić information content (AvgIpc) is 2.58. The van der Waals surface area contributed by atoms with Crippen LogP contribution in [0.2, 0.25) is 0 Å². The van der Waals surface area contributed by atoms with Crippen LogP contribution in [0.15, 0.2) is 15.9 Å². The van der Waals surface area contributed by atoms with Crippen molar-refractivity contribution in [1.29, 1.82) is 0 Å². The molecule has 1 rings (SSSR count). The number of rotatable bonds is 6. The maximum Gasteiger partial charge on any atom is 0.0701 e. The van der Waals surface area contributed by atoms with Crippen LogP contribution in [0.5, 0.6) is 0 Å². The van der Waals surface area contributed by atoms with Gasteiger partial charge in [0.2, 0.25) is 0 Å². The maximum atomic E-state index is 8.67. The highest BCUT2D eigenvalue weighted by Crippen LogP contribution is 2.22. The van der Waals surface area contributed by atoms with Gasteiger partial charge in [0.1, 0.15) is 0 Å². The summed E-state index contributed by atoms with van der Waals surface area (Å²) >= 11 is 5.25. The van der Waals surface area contributed by atoms with E-state index in [-0.39, 0.29) is 6.61 Å². The largest absolute Gasteiger partial charge is 0.396 e. The Morgan fingerprint density at radius 3 is 2.79 bits per heavy atom. The minimum atomic E-state index is 0.287. The van der Waals surface area contributed by atoms with E-state index in [4.69, 9.17) is 5.11 Å². The fourth-order valence-electron chi connectivity index (χ4n) is 1.24. The molecule has 0 unspecified atom stereocenters. The van der Waals surface area contributed by atoms with Crippen molar-refractivity contribution in [2.75, 3.05) is 26.7 Å². The normalized spacial score (nSPS) is 11.1. The van der Waals surface area contributed by atoms with E-state index in [9.17, 15) is 0 Å². The van der Waals surface area contributed by atoms with Crippen molar-refractivity contribution >= 4 is 27.3 Å². The number of aliphatic hydroxyl groups is 1. The van der Waals surface area contributed by atoms with Gasteiger partial charge in [0.25, 0.3) is 0 Å². The zero-order chi connectivity index (χ0) is 10.4. The molecule has 0 aliphatic rings. The summed E-state index contributed by atoms with van der Waals surface area (Å²) in [5.74, 6) is 0. The Morgan fingerprint density at radius 1 is 1.43 bits per heavy atom. The van der Waals surface area contributed by atoms with Crippen LogP contribution in [0.4, 0.5) is 0 Å². The molecule has 0 atom stereocenters. The van der Waals surface area contributed by atoms with E-state index in [2.05, 4.69) is 40.0 Å². The molecule has 0 bridgehead atoms. The van der Waals surface area contributed by atoms with Crippen LogP contribution in [-0.2, 0) is 6.42 Å². The number of hydrogen-bond acceptors (Lipinski definition) is 3. The molecule has 0 aliphatic carbocycles. The molecule has 0 fully saturated rings. The Morgan fingerprint density at radius 2 is 2.21 bits per heavy atom. The minimum Gasteiger partial charge on any atom is -0.396 e. The van der Waals surface area contributed by atoms with Crippen molar-refractivity contribution in [3.63, 3.8) is 0 Å². The second kappa shape index (κ2) is 6.56. The van der Waals surface area contributed by atoms with Crippen LogP contribution in [-0.4, -0.2) is 36.8 Å². The van der Waals surface area contributed by atoms with Gasteiger partial charge in [-0.25, -0.2) is 0 Å². The third-order valence-corrected chi connectivity index (χ3v) is 3.75. The lowest BCUT2D eigenvalue weighted by molar-refractivity contribution is 0.249. The summed E-state index contributed by atoms with van der Waals surface area (Å²) in [6.45, 7) is 2.32. The van der Waals surface area contributed by atoms with Gasteiger partial charge in [-0.15, -0.1) is 11.3 Å². The van der Waals surface area contributed by atoms with Crippen LogP contribution in [0, 0.1) is 0 Å². The predicted octanol–water partition coefficient (Wildman–Crippen LogP) is 2.37. The minimum absolute atomic E-state index is 0.287. The van der Waals surface area contributed by atoms with Gasteiger partial charge in [0.05, 0.1) is 3.79 Å². The Balaban J connectivity index is 2.20. The third-order valence-electron chi connectivity index (χ3n) is 2.07. The first-order chi connectivity index (χ1) is 6.72. The SMILES string of the molecule is CN(CCCO)CCc1ccc(Br)s1. The van der Waals surface area contributed by atoms with Crippen molar-refractivity contribution in [2.45, 2.75) is 12.8 Å². The molecule has 1 aromatic heterocycles.